The maximum absolute atomic E-state index is 11.8. The van der Waals surface area contributed by atoms with E-state index in [0.717, 1.165) is 13.1 Å². The molecule has 1 saturated carbocycles. The van der Waals surface area contributed by atoms with Crippen LogP contribution in [0.4, 0.5) is 4.79 Å². The Morgan fingerprint density at radius 1 is 1.11 bits per heavy atom. The molecule has 0 bridgehead atoms. The molecule has 4 nitrogen and oxygen atoms in total. The minimum Gasteiger partial charge on any atom is -0.444 e. The van der Waals surface area contributed by atoms with Crippen LogP contribution in [0.1, 0.15) is 52.9 Å². The van der Waals surface area contributed by atoms with Crippen LogP contribution in [0.2, 0.25) is 0 Å². The molecule has 2 aliphatic rings. The van der Waals surface area contributed by atoms with E-state index in [-0.39, 0.29) is 11.7 Å². The number of carbonyl (C=O) groups excluding carboxylic acids is 1. The number of hydrogen-bond donors (Lipinski definition) is 1. The van der Waals surface area contributed by atoms with Crippen molar-refractivity contribution in [3.63, 3.8) is 0 Å². The van der Waals surface area contributed by atoms with Crippen LogP contribution in [0.25, 0.3) is 0 Å². The molecule has 1 aliphatic carbocycles. The molecular weight excluding hydrogens is 228 g/mol. The van der Waals surface area contributed by atoms with Gasteiger partial charge in [-0.25, -0.2) is 4.79 Å². The van der Waals surface area contributed by atoms with Crippen molar-refractivity contribution in [2.75, 3.05) is 13.1 Å². The van der Waals surface area contributed by atoms with E-state index in [1.165, 1.54) is 32.1 Å². The quantitative estimate of drug-likeness (QED) is 0.823. The number of carbonyl (C=O) groups is 1. The van der Waals surface area contributed by atoms with E-state index in [1.54, 1.807) is 4.90 Å². The number of hydrogen-bond acceptors (Lipinski definition) is 3. The van der Waals surface area contributed by atoms with Gasteiger partial charge in [0, 0.05) is 25.2 Å². The number of likely N-dealkylation sites (tertiary alicyclic amines) is 1. The zero-order valence-corrected chi connectivity index (χ0v) is 11.9. The normalized spacial score (nSPS) is 22.7. The van der Waals surface area contributed by atoms with E-state index in [9.17, 15) is 4.79 Å². The smallest absolute Gasteiger partial charge is 0.410 e. The monoisotopic (exact) mass is 254 g/mol. The molecule has 0 unspecified atom stereocenters. The van der Waals surface area contributed by atoms with Gasteiger partial charge in [-0.1, -0.05) is 19.3 Å². The van der Waals surface area contributed by atoms with Crippen LogP contribution in [0.15, 0.2) is 0 Å². The fourth-order valence-corrected chi connectivity index (χ4v) is 2.66. The number of nitrogens with one attached hydrogen (secondary N) is 1. The van der Waals surface area contributed by atoms with Gasteiger partial charge in [-0.15, -0.1) is 0 Å². The fraction of sp³-hybridized carbons (Fsp3) is 0.929. The summed E-state index contributed by atoms with van der Waals surface area (Å²) in [4.78, 5) is 13.5. The lowest BCUT2D eigenvalue weighted by molar-refractivity contribution is 0.00367. The van der Waals surface area contributed by atoms with Crippen LogP contribution in [-0.4, -0.2) is 41.8 Å². The second kappa shape index (κ2) is 5.47. The highest BCUT2D eigenvalue weighted by molar-refractivity contribution is 5.69. The van der Waals surface area contributed by atoms with Crippen molar-refractivity contribution in [3.8, 4) is 0 Å². The van der Waals surface area contributed by atoms with Crippen molar-refractivity contribution < 1.29 is 9.53 Å². The Labute approximate surface area is 110 Å². The summed E-state index contributed by atoms with van der Waals surface area (Å²) in [5, 5.41) is 3.65. The molecule has 1 saturated heterocycles. The Kier molecular flexibility index (Phi) is 4.15. The summed E-state index contributed by atoms with van der Waals surface area (Å²) in [7, 11) is 0. The van der Waals surface area contributed by atoms with E-state index >= 15 is 0 Å². The lowest BCUT2D eigenvalue weighted by Gasteiger charge is -2.42. The van der Waals surface area contributed by atoms with E-state index in [2.05, 4.69) is 5.32 Å². The van der Waals surface area contributed by atoms with Gasteiger partial charge in [0.15, 0.2) is 0 Å². The summed E-state index contributed by atoms with van der Waals surface area (Å²) in [6.07, 6.45) is 6.49. The summed E-state index contributed by atoms with van der Waals surface area (Å²) < 4.78 is 5.34. The number of nitrogens with zero attached hydrogens (tertiary/aromatic N) is 1. The Bertz CT molecular complexity index is 287. The van der Waals surface area contributed by atoms with E-state index in [4.69, 9.17) is 4.74 Å². The SMILES string of the molecule is CC(C)(C)OC(=O)N1CC(NC2CCCCC2)C1. The summed E-state index contributed by atoms with van der Waals surface area (Å²) >= 11 is 0. The molecule has 1 aliphatic heterocycles. The maximum atomic E-state index is 11.8. The molecule has 104 valence electrons. The second-order valence-corrected chi connectivity index (χ2v) is 6.58. The number of amides is 1. The van der Waals surface area contributed by atoms with Gasteiger partial charge < -0.3 is 15.0 Å². The molecular formula is C14H26N2O2. The van der Waals surface area contributed by atoms with Crippen LogP contribution in [0, 0.1) is 0 Å². The molecule has 2 rings (SSSR count). The molecule has 18 heavy (non-hydrogen) atoms. The summed E-state index contributed by atoms with van der Waals surface area (Å²) in [5.74, 6) is 0. The number of rotatable bonds is 2. The van der Waals surface area contributed by atoms with Crippen molar-refractivity contribution in [3.05, 3.63) is 0 Å². The first-order chi connectivity index (χ1) is 8.44. The second-order valence-electron chi connectivity index (χ2n) is 6.58. The van der Waals surface area contributed by atoms with Crippen molar-refractivity contribution >= 4 is 6.09 Å². The molecule has 4 heteroatoms. The minimum atomic E-state index is -0.390. The summed E-state index contributed by atoms with van der Waals surface area (Å²) in [6, 6.07) is 1.14. The van der Waals surface area contributed by atoms with Crippen LogP contribution >= 0.6 is 0 Å². The Balaban J connectivity index is 1.65. The molecule has 0 aromatic rings. The van der Waals surface area contributed by atoms with Crippen LogP contribution in [-0.2, 0) is 4.74 Å². The van der Waals surface area contributed by atoms with Crippen molar-refractivity contribution in [2.45, 2.75) is 70.6 Å². The topological polar surface area (TPSA) is 41.6 Å². The third kappa shape index (κ3) is 3.87. The van der Waals surface area contributed by atoms with Gasteiger partial charge in [-0.3, -0.25) is 0 Å². The fourth-order valence-electron chi connectivity index (χ4n) is 2.66. The maximum Gasteiger partial charge on any atom is 0.410 e. The lowest BCUT2D eigenvalue weighted by Crippen LogP contribution is -2.62. The van der Waals surface area contributed by atoms with Gasteiger partial charge in [0.1, 0.15) is 5.60 Å². The van der Waals surface area contributed by atoms with Crippen LogP contribution < -0.4 is 5.32 Å². The first-order valence-electron chi connectivity index (χ1n) is 7.18. The number of ether oxygens (including phenoxy) is 1. The average molecular weight is 254 g/mol. The predicted octanol–water partition coefficient (Wildman–Crippen LogP) is 2.53. The molecule has 0 aromatic carbocycles. The van der Waals surface area contributed by atoms with E-state index < -0.39 is 0 Å². The van der Waals surface area contributed by atoms with Gasteiger partial charge in [0.05, 0.1) is 0 Å². The highest BCUT2D eigenvalue weighted by atomic mass is 16.6. The third-order valence-corrected chi connectivity index (χ3v) is 3.61. The Morgan fingerprint density at radius 3 is 2.28 bits per heavy atom. The van der Waals surface area contributed by atoms with Gasteiger partial charge in [-0.2, -0.15) is 0 Å². The highest BCUT2D eigenvalue weighted by Gasteiger charge is 2.34. The van der Waals surface area contributed by atoms with E-state index in [0.29, 0.717) is 12.1 Å². The van der Waals surface area contributed by atoms with Crippen LogP contribution in [0.3, 0.4) is 0 Å². The molecule has 0 atom stereocenters. The molecule has 2 fully saturated rings. The zero-order valence-electron chi connectivity index (χ0n) is 11.9. The van der Waals surface area contributed by atoms with Crippen molar-refractivity contribution in [1.82, 2.24) is 10.2 Å². The average Bonchev–Trinajstić information content (AvgIpc) is 2.21. The van der Waals surface area contributed by atoms with Gasteiger partial charge in [0.2, 0.25) is 0 Å². The molecule has 0 spiro atoms. The summed E-state index contributed by atoms with van der Waals surface area (Å²) in [5.41, 5.74) is -0.390. The first-order valence-corrected chi connectivity index (χ1v) is 7.18. The predicted molar refractivity (Wildman–Crippen MR) is 71.6 cm³/mol. The molecule has 0 radical (unpaired) electrons. The van der Waals surface area contributed by atoms with Crippen molar-refractivity contribution in [1.29, 1.82) is 0 Å². The van der Waals surface area contributed by atoms with Crippen LogP contribution in [0.5, 0.6) is 0 Å². The first kappa shape index (κ1) is 13.7. The molecule has 0 aromatic heterocycles. The van der Waals surface area contributed by atoms with Crippen molar-refractivity contribution in [2.24, 2.45) is 0 Å². The Hall–Kier alpha value is -0.770. The molecule has 1 heterocycles. The van der Waals surface area contributed by atoms with E-state index in [1.807, 2.05) is 20.8 Å². The molecule has 1 N–H and O–H groups in total. The highest BCUT2D eigenvalue weighted by Crippen LogP contribution is 2.20. The third-order valence-electron chi connectivity index (χ3n) is 3.61. The zero-order chi connectivity index (χ0) is 13.2. The van der Waals surface area contributed by atoms with Gasteiger partial charge in [-0.05, 0) is 33.6 Å². The largest absolute Gasteiger partial charge is 0.444 e. The standard InChI is InChI=1S/C14H26N2O2/c1-14(2,3)18-13(17)16-9-12(10-16)15-11-7-5-4-6-8-11/h11-12,15H,4-10H2,1-3H3. The minimum absolute atomic E-state index is 0.177. The molecule has 1 amide bonds. The van der Waals surface area contributed by atoms with Gasteiger partial charge in [0.25, 0.3) is 0 Å². The lowest BCUT2D eigenvalue weighted by atomic mass is 9.94. The summed E-state index contributed by atoms with van der Waals surface area (Å²) in [6.45, 7) is 7.31. The van der Waals surface area contributed by atoms with Gasteiger partial charge >= 0.3 is 6.09 Å². The Morgan fingerprint density at radius 2 is 1.72 bits per heavy atom.